The lowest BCUT2D eigenvalue weighted by Gasteiger charge is -2.11. The summed E-state index contributed by atoms with van der Waals surface area (Å²) in [5.41, 5.74) is 7.26. The molecule has 0 aliphatic heterocycles. The number of ether oxygens (including phenoxy) is 2. The van der Waals surface area contributed by atoms with Gasteiger partial charge in [-0.1, -0.05) is 0 Å². The summed E-state index contributed by atoms with van der Waals surface area (Å²) in [4.78, 5) is 7.87. The first-order valence-corrected chi connectivity index (χ1v) is 5.64. The minimum atomic E-state index is -0.0118. The number of aromatic nitrogens is 2. The molecule has 0 atom stereocenters. The van der Waals surface area contributed by atoms with Gasteiger partial charge in [-0.25, -0.2) is 9.97 Å². The molecule has 0 aliphatic rings. The molecule has 1 aromatic heterocycles. The van der Waals surface area contributed by atoms with E-state index in [0.29, 0.717) is 17.9 Å². The van der Waals surface area contributed by atoms with Crippen LogP contribution in [-0.2, 0) is 6.42 Å². The van der Waals surface area contributed by atoms with E-state index >= 15 is 0 Å². The number of anilines is 1. The average molecular weight is 261 g/mol. The lowest BCUT2D eigenvalue weighted by Crippen LogP contribution is -1.98. The number of rotatable bonds is 4. The molecule has 19 heavy (non-hydrogen) atoms. The third kappa shape index (κ3) is 2.85. The number of nitrogens with two attached hydrogens (primary N) is 1. The maximum Gasteiger partial charge on any atom is 0.219 e. The Kier molecular flexibility index (Phi) is 3.70. The van der Waals surface area contributed by atoms with Crippen molar-refractivity contribution in [2.24, 2.45) is 0 Å². The zero-order valence-corrected chi connectivity index (χ0v) is 10.8. The molecule has 0 bridgehead atoms. The fraction of sp³-hybridized carbons (Fsp3) is 0.231. The van der Waals surface area contributed by atoms with Gasteiger partial charge in [0.1, 0.15) is 0 Å². The fourth-order valence-corrected chi connectivity index (χ4v) is 1.74. The van der Waals surface area contributed by atoms with Gasteiger partial charge in [0.25, 0.3) is 0 Å². The van der Waals surface area contributed by atoms with Crippen LogP contribution in [0.1, 0.15) is 11.1 Å². The van der Waals surface area contributed by atoms with Crippen LogP contribution in [0.2, 0.25) is 0 Å². The maximum absolute atomic E-state index is 9.82. The molecular weight excluding hydrogens is 246 g/mol. The molecule has 0 amide bonds. The van der Waals surface area contributed by atoms with E-state index in [4.69, 9.17) is 15.2 Å². The Bertz CT molecular complexity index is 545. The third-order valence-corrected chi connectivity index (χ3v) is 2.67. The number of nitrogen functional groups attached to an aromatic ring is 1. The van der Waals surface area contributed by atoms with Gasteiger partial charge in [0, 0.05) is 18.8 Å². The standard InChI is InChI=1S/C13H15N3O3/c1-18-10-4-8(5-11(19-2)12(10)17)3-9-6-15-13(14)16-7-9/h4-7,17H,3H2,1-2H3,(H2,14,15,16). The van der Waals surface area contributed by atoms with Crippen LogP contribution in [0.3, 0.4) is 0 Å². The van der Waals surface area contributed by atoms with Crippen molar-refractivity contribution >= 4 is 5.95 Å². The number of nitrogens with zero attached hydrogens (tertiary/aromatic N) is 2. The predicted octanol–water partition coefficient (Wildman–Crippen LogP) is 1.37. The highest BCUT2D eigenvalue weighted by atomic mass is 16.5. The molecule has 0 aliphatic carbocycles. The van der Waals surface area contributed by atoms with Gasteiger partial charge in [0.15, 0.2) is 11.5 Å². The zero-order chi connectivity index (χ0) is 13.8. The van der Waals surface area contributed by atoms with Gasteiger partial charge in [-0.05, 0) is 23.3 Å². The van der Waals surface area contributed by atoms with Gasteiger partial charge in [-0.2, -0.15) is 0 Å². The fourth-order valence-electron chi connectivity index (χ4n) is 1.74. The third-order valence-electron chi connectivity index (χ3n) is 2.67. The molecule has 0 fully saturated rings. The molecule has 0 saturated heterocycles. The molecule has 100 valence electrons. The van der Waals surface area contributed by atoms with Crippen molar-refractivity contribution < 1.29 is 14.6 Å². The first-order valence-electron chi connectivity index (χ1n) is 5.64. The van der Waals surface area contributed by atoms with Crippen LogP contribution in [0.5, 0.6) is 17.2 Å². The molecule has 0 spiro atoms. The van der Waals surface area contributed by atoms with Gasteiger partial charge in [0.2, 0.25) is 11.7 Å². The summed E-state index contributed by atoms with van der Waals surface area (Å²) >= 11 is 0. The first kappa shape index (κ1) is 12.9. The van der Waals surface area contributed by atoms with Gasteiger partial charge in [-0.3, -0.25) is 0 Å². The van der Waals surface area contributed by atoms with E-state index in [0.717, 1.165) is 11.1 Å². The van der Waals surface area contributed by atoms with Crippen molar-refractivity contribution in [1.29, 1.82) is 0 Å². The molecule has 1 aromatic carbocycles. The molecule has 0 unspecified atom stereocenters. The summed E-state index contributed by atoms with van der Waals surface area (Å²) in [6.45, 7) is 0. The molecule has 6 nitrogen and oxygen atoms in total. The van der Waals surface area contributed by atoms with Crippen molar-refractivity contribution in [1.82, 2.24) is 9.97 Å². The number of aromatic hydroxyl groups is 1. The number of phenols is 1. The Morgan fingerprint density at radius 2 is 1.58 bits per heavy atom. The maximum atomic E-state index is 9.82. The molecule has 6 heteroatoms. The van der Waals surface area contributed by atoms with Crippen LogP contribution in [0.15, 0.2) is 24.5 Å². The molecule has 2 rings (SSSR count). The van der Waals surface area contributed by atoms with E-state index in [2.05, 4.69) is 9.97 Å². The van der Waals surface area contributed by atoms with E-state index in [1.165, 1.54) is 14.2 Å². The van der Waals surface area contributed by atoms with E-state index < -0.39 is 0 Å². The Labute approximate surface area is 110 Å². The summed E-state index contributed by atoms with van der Waals surface area (Å²) in [5, 5.41) is 9.82. The summed E-state index contributed by atoms with van der Waals surface area (Å²) < 4.78 is 10.2. The zero-order valence-electron chi connectivity index (χ0n) is 10.8. The largest absolute Gasteiger partial charge is 0.502 e. The van der Waals surface area contributed by atoms with Crippen LogP contribution < -0.4 is 15.2 Å². The lowest BCUT2D eigenvalue weighted by molar-refractivity contribution is 0.339. The topological polar surface area (TPSA) is 90.5 Å². The molecule has 2 aromatic rings. The van der Waals surface area contributed by atoms with Crippen LogP contribution >= 0.6 is 0 Å². The highest BCUT2D eigenvalue weighted by molar-refractivity contribution is 5.53. The second kappa shape index (κ2) is 5.43. The Balaban J connectivity index is 2.32. The smallest absolute Gasteiger partial charge is 0.219 e. The van der Waals surface area contributed by atoms with Crippen molar-refractivity contribution in [3.8, 4) is 17.2 Å². The minimum Gasteiger partial charge on any atom is -0.502 e. The second-order valence-corrected chi connectivity index (χ2v) is 3.98. The summed E-state index contributed by atoms with van der Waals surface area (Å²) in [6, 6.07) is 3.49. The number of hydrogen-bond donors (Lipinski definition) is 2. The van der Waals surface area contributed by atoms with Crippen molar-refractivity contribution in [3.63, 3.8) is 0 Å². The van der Waals surface area contributed by atoms with Crippen molar-refractivity contribution in [2.45, 2.75) is 6.42 Å². The van der Waals surface area contributed by atoms with Gasteiger partial charge in [-0.15, -0.1) is 0 Å². The average Bonchev–Trinajstić information content (AvgIpc) is 2.43. The normalized spacial score (nSPS) is 10.2. The Morgan fingerprint density at radius 1 is 1.05 bits per heavy atom. The summed E-state index contributed by atoms with van der Waals surface area (Å²) in [6.07, 6.45) is 3.91. The number of hydrogen-bond acceptors (Lipinski definition) is 6. The second-order valence-electron chi connectivity index (χ2n) is 3.98. The highest BCUT2D eigenvalue weighted by Crippen LogP contribution is 2.37. The van der Waals surface area contributed by atoms with Crippen molar-refractivity contribution in [2.75, 3.05) is 20.0 Å². The van der Waals surface area contributed by atoms with Crippen molar-refractivity contribution in [3.05, 3.63) is 35.7 Å². The van der Waals surface area contributed by atoms with E-state index in [1.54, 1.807) is 24.5 Å². The minimum absolute atomic E-state index is 0.0118. The highest BCUT2D eigenvalue weighted by Gasteiger charge is 2.11. The quantitative estimate of drug-likeness (QED) is 0.863. The first-order chi connectivity index (χ1) is 9.13. The SMILES string of the molecule is COc1cc(Cc2cnc(N)nc2)cc(OC)c1O. The predicted molar refractivity (Wildman–Crippen MR) is 70.5 cm³/mol. The molecular formula is C13H15N3O3. The van der Waals surface area contributed by atoms with Gasteiger partial charge in [0.05, 0.1) is 14.2 Å². The Hall–Kier alpha value is -2.50. The number of methoxy groups -OCH3 is 2. The number of benzene rings is 1. The molecule has 0 radical (unpaired) electrons. The van der Waals surface area contributed by atoms with E-state index in [9.17, 15) is 5.11 Å². The van der Waals surface area contributed by atoms with E-state index in [1.807, 2.05) is 0 Å². The Morgan fingerprint density at radius 3 is 2.05 bits per heavy atom. The summed E-state index contributed by atoms with van der Waals surface area (Å²) in [5.74, 6) is 0.961. The van der Waals surface area contributed by atoms with Crippen LogP contribution in [0, 0.1) is 0 Å². The van der Waals surface area contributed by atoms with Crippen LogP contribution in [0.4, 0.5) is 5.95 Å². The molecule has 1 heterocycles. The lowest BCUT2D eigenvalue weighted by atomic mass is 10.1. The van der Waals surface area contributed by atoms with Gasteiger partial charge < -0.3 is 20.3 Å². The van der Waals surface area contributed by atoms with Crippen LogP contribution in [-0.4, -0.2) is 29.3 Å². The number of phenolic OH excluding ortho intramolecular Hbond substituents is 1. The van der Waals surface area contributed by atoms with Crippen LogP contribution in [0.25, 0.3) is 0 Å². The van der Waals surface area contributed by atoms with Gasteiger partial charge >= 0.3 is 0 Å². The monoisotopic (exact) mass is 261 g/mol. The molecule has 0 saturated carbocycles. The van der Waals surface area contributed by atoms with E-state index in [-0.39, 0.29) is 11.7 Å². The summed E-state index contributed by atoms with van der Waals surface area (Å²) in [7, 11) is 2.98. The molecule has 3 N–H and O–H groups in total.